The third-order valence-corrected chi connectivity index (χ3v) is 7.17. The van der Waals surface area contributed by atoms with Crippen LogP contribution >= 0.6 is 11.8 Å². The Kier molecular flexibility index (Phi) is 6.42. The number of esters is 2. The summed E-state index contributed by atoms with van der Waals surface area (Å²) < 4.78 is 28.5. The Morgan fingerprint density at radius 2 is 1.61 bits per heavy atom. The highest BCUT2D eigenvalue weighted by molar-refractivity contribution is 8.00. The number of carbonyl (C=O) groups excluding carboxylic acids is 2. The zero-order valence-corrected chi connectivity index (χ0v) is 19.5. The number of benzene rings is 2. The number of hydrogen-bond donors (Lipinski definition) is 2. The van der Waals surface area contributed by atoms with Crippen LogP contribution in [0.15, 0.2) is 67.0 Å². The second-order valence-electron chi connectivity index (χ2n) is 8.00. The highest BCUT2D eigenvalue weighted by Gasteiger charge is 2.49. The fraction of sp³-hybridized carbons (Fsp3) is 0.208. The Morgan fingerprint density at radius 1 is 0.972 bits per heavy atom. The maximum Gasteiger partial charge on any atom is 0.338 e. The lowest BCUT2D eigenvalue weighted by atomic mass is 10.1. The fourth-order valence-corrected chi connectivity index (χ4v) is 5.37. The Hall–Kier alpha value is -4.19. The quantitative estimate of drug-likeness (QED) is 0.372. The molecule has 2 aromatic heterocycles. The number of hydrogen-bond acceptors (Lipinski definition) is 10. The molecule has 184 valence electrons. The van der Waals surface area contributed by atoms with Gasteiger partial charge < -0.3 is 20.9 Å². The number of halogens is 1. The van der Waals surface area contributed by atoms with Gasteiger partial charge in [0.05, 0.1) is 22.7 Å². The van der Waals surface area contributed by atoms with Crippen LogP contribution in [-0.2, 0) is 9.47 Å². The van der Waals surface area contributed by atoms with Gasteiger partial charge in [0.2, 0.25) is 5.95 Å². The van der Waals surface area contributed by atoms with E-state index in [4.69, 9.17) is 20.9 Å². The van der Waals surface area contributed by atoms with Crippen LogP contribution in [0.2, 0.25) is 0 Å². The minimum absolute atomic E-state index is 0.0649. The normalized spacial score (nSPS) is 21.4. The molecule has 0 amide bonds. The van der Waals surface area contributed by atoms with Crippen molar-refractivity contribution in [2.75, 3.05) is 18.1 Å². The van der Waals surface area contributed by atoms with Crippen molar-refractivity contribution in [3.63, 3.8) is 0 Å². The second-order valence-corrected chi connectivity index (χ2v) is 9.36. The summed E-state index contributed by atoms with van der Waals surface area (Å²) in [4.78, 5) is 37.5. The number of nitrogens with two attached hydrogens (primary N) is 2. The van der Waals surface area contributed by atoms with Crippen molar-refractivity contribution in [2.24, 2.45) is 0 Å². The minimum Gasteiger partial charge on any atom is -0.461 e. The number of carbonyl (C=O) groups is 2. The minimum atomic E-state index is -1.68. The topological polar surface area (TPSA) is 148 Å². The molecule has 3 heterocycles. The SMILES string of the molecule is Nc1nc(N)c2ncn([C@H]3S[C@H](COC(=O)c4ccccc4)[C@@H](OC(=O)c4ccccc4)[C@@H]3F)c2n1. The van der Waals surface area contributed by atoms with E-state index in [0.29, 0.717) is 5.56 Å². The van der Waals surface area contributed by atoms with E-state index >= 15 is 4.39 Å². The van der Waals surface area contributed by atoms with Gasteiger partial charge in [-0.3, -0.25) is 4.57 Å². The maximum atomic E-state index is 15.9. The molecule has 2 aromatic carbocycles. The number of thioether (sulfide) groups is 1. The van der Waals surface area contributed by atoms with Gasteiger partial charge in [-0.25, -0.2) is 19.0 Å². The van der Waals surface area contributed by atoms with Gasteiger partial charge in [-0.05, 0) is 24.3 Å². The lowest BCUT2D eigenvalue weighted by molar-refractivity contribution is -0.00100. The number of nitrogens with zero attached hydrogens (tertiary/aromatic N) is 4. The number of anilines is 2. The van der Waals surface area contributed by atoms with Crippen molar-refractivity contribution in [3.05, 3.63) is 78.1 Å². The van der Waals surface area contributed by atoms with Crippen LogP contribution < -0.4 is 11.5 Å². The molecule has 0 spiro atoms. The molecule has 36 heavy (non-hydrogen) atoms. The summed E-state index contributed by atoms with van der Waals surface area (Å²) in [6.45, 7) is -0.187. The van der Waals surface area contributed by atoms with Gasteiger partial charge in [0.1, 0.15) is 17.5 Å². The van der Waals surface area contributed by atoms with E-state index in [0.717, 1.165) is 11.8 Å². The molecule has 1 aliphatic heterocycles. The van der Waals surface area contributed by atoms with Crippen LogP contribution in [0.5, 0.6) is 0 Å². The average molecular weight is 509 g/mol. The van der Waals surface area contributed by atoms with Crippen LogP contribution in [0.1, 0.15) is 26.1 Å². The largest absolute Gasteiger partial charge is 0.461 e. The third kappa shape index (κ3) is 4.54. The number of imidazole rings is 1. The zero-order valence-electron chi connectivity index (χ0n) is 18.7. The number of nitrogen functional groups attached to an aromatic ring is 2. The van der Waals surface area contributed by atoms with Crippen LogP contribution in [0.3, 0.4) is 0 Å². The van der Waals surface area contributed by atoms with Gasteiger partial charge in [0, 0.05) is 0 Å². The molecule has 5 rings (SSSR count). The Balaban J connectivity index is 1.42. The van der Waals surface area contributed by atoms with E-state index < -0.39 is 34.8 Å². The molecule has 4 N–H and O–H groups in total. The monoisotopic (exact) mass is 508 g/mol. The van der Waals surface area contributed by atoms with Crippen molar-refractivity contribution in [1.82, 2.24) is 19.5 Å². The van der Waals surface area contributed by atoms with Crippen molar-refractivity contribution in [3.8, 4) is 0 Å². The molecule has 0 bridgehead atoms. The number of rotatable bonds is 6. The smallest absolute Gasteiger partial charge is 0.338 e. The molecular weight excluding hydrogens is 487 g/mol. The van der Waals surface area contributed by atoms with E-state index in [-0.39, 0.29) is 35.1 Å². The van der Waals surface area contributed by atoms with Crippen molar-refractivity contribution in [1.29, 1.82) is 0 Å². The van der Waals surface area contributed by atoms with Gasteiger partial charge in [-0.15, -0.1) is 11.8 Å². The summed E-state index contributed by atoms with van der Waals surface area (Å²) in [6, 6.07) is 16.7. The molecule has 1 fully saturated rings. The highest BCUT2D eigenvalue weighted by Crippen LogP contribution is 2.46. The van der Waals surface area contributed by atoms with Crippen LogP contribution in [0.25, 0.3) is 11.2 Å². The number of fused-ring (bicyclic) bond motifs is 1. The molecule has 0 unspecified atom stereocenters. The first-order valence-corrected chi connectivity index (χ1v) is 11.9. The lowest BCUT2D eigenvalue weighted by Gasteiger charge is -2.21. The predicted molar refractivity (Wildman–Crippen MR) is 132 cm³/mol. The van der Waals surface area contributed by atoms with E-state index in [2.05, 4.69) is 15.0 Å². The predicted octanol–water partition coefficient (Wildman–Crippen LogP) is 3.03. The molecule has 0 radical (unpaired) electrons. The Morgan fingerprint density at radius 3 is 2.28 bits per heavy atom. The van der Waals surface area contributed by atoms with E-state index in [1.165, 1.54) is 10.9 Å². The third-order valence-electron chi connectivity index (χ3n) is 5.65. The highest BCUT2D eigenvalue weighted by atomic mass is 32.2. The number of ether oxygens (including phenoxy) is 2. The van der Waals surface area contributed by atoms with Gasteiger partial charge in [0.15, 0.2) is 23.7 Å². The molecule has 0 aliphatic carbocycles. The van der Waals surface area contributed by atoms with Crippen molar-refractivity contribution in [2.45, 2.75) is 22.9 Å². The second kappa shape index (κ2) is 9.82. The Labute approximate surface area is 208 Å². The summed E-state index contributed by atoms with van der Waals surface area (Å²) in [6.07, 6.45) is -1.52. The van der Waals surface area contributed by atoms with Gasteiger partial charge >= 0.3 is 11.9 Å². The number of alkyl halides is 1. The Bertz CT molecular complexity index is 1400. The zero-order chi connectivity index (χ0) is 25.2. The molecule has 0 saturated carbocycles. The van der Waals surface area contributed by atoms with Crippen molar-refractivity contribution < 1.29 is 23.5 Å². The number of aromatic nitrogens is 4. The van der Waals surface area contributed by atoms with E-state index in [1.54, 1.807) is 60.7 Å². The molecule has 1 aliphatic rings. The summed E-state index contributed by atoms with van der Waals surface area (Å²) in [7, 11) is 0. The van der Waals surface area contributed by atoms with Crippen LogP contribution in [0.4, 0.5) is 16.2 Å². The van der Waals surface area contributed by atoms with E-state index in [9.17, 15) is 9.59 Å². The first-order valence-electron chi connectivity index (χ1n) is 11.0. The molecule has 4 atom stereocenters. The summed E-state index contributed by atoms with van der Waals surface area (Å²) in [5.41, 5.74) is 12.8. The average Bonchev–Trinajstić information content (AvgIpc) is 3.44. The van der Waals surface area contributed by atoms with Crippen LogP contribution in [0, 0.1) is 0 Å². The van der Waals surface area contributed by atoms with Crippen molar-refractivity contribution >= 4 is 46.6 Å². The first-order chi connectivity index (χ1) is 17.4. The van der Waals surface area contributed by atoms with Crippen LogP contribution in [-0.4, -0.2) is 55.6 Å². The van der Waals surface area contributed by atoms with Gasteiger partial charge in [0.25, 0.3) is 0 Å². The molecular formula is C24H21FN6O4S. The van der Waals surface area contributed by atoms with Gasteiger partial charge in [-0.2, -0.15) is 9.97 Å². The maximum absolute atomic E-state index is 15.9. The van der Waals surface area contributed by atoms with E-state index in [1.807, 2.05) is 0 Å². The summed E-state index contributed by atoms with van der Waals surface area (Å²) in [5.74, 6) is -1.27. The lowest BCUT2D eigenvalue weighted by Crippen LogP contribution is -2.36. The first kappa shape index (κ1) is 23.5. The molecule has 1 saturated heterocycles. The van der Waals surface area contributed by atoms with Gasteiger partial charge in [-0.1, -0.05) is 36.4 Å². The molecule has 10 nitrogen and oxygen atoms in total. The molecule has 4 aromatic rings. The fourth-order valence-electron chi connectivity index (χ4n) is 3.92. The summed E-state index contributed by atoms with van der Waals surface area (Å²) >= 11 is 1.14. The molecule has 12 heteroatoms. The summed E-state index contributed by atoms with van der Waals surface area (Å²) in [5, 5.41) is -1.61. The standard InChI is InChI=1S/C24H21FN6O4S/c25-16-18(35-23(33)14-9-5-2-6-10-14)15(11-34-22(32)13-7-3-1-4-8-13)36-21(16)31-12-28-17-19(26)29-24(27)30-20(17)31/h1-10,12,15-16,18,21H,11H2,(H4,26,27,29,30)/t15-,16+,18-,21+/m1/s1.